The molecule has 0 aliphatic rings. The maximum Gasteiger partial charge on any atom is 0.250 e. The fourth-order valence-corrected chi connectivity index (χ4v) is 3.83. The van der Waals surface area contributed by atoms with E-state index in [1.54, 1.807) is 37.5 Å². The molecular formula is C18H15Br2N3O3S. The molecule has 6 nitrogen and oxygen atoms in total. The van der Waals surface area contributed by atoms with Crippen molar-refractivity contribution in [2.45, 2.75) is 0 Å². The quantitative estimate of drug-likeness (QED) is 0.418. The molecule has 0 fully saturated rings. The van der Waals surface area contributed by atoms with Gasteiger partial charge in [0.1, 0.15) is 5.75 Å². The number of benzene rings is 2. The van der Waals surface area contributed by atoms with Crippen LogP contribution in [0.25, 0.3) is 6.08 Å². The average Bonchev–Trinajstić information content (AvgIpc) is 2.59. The van der Waals surface area contributed by atoms with E-state index >= 15 is 0 Å². The van der Waals surface area contributed by atoms with Crippen molar-refractivity contribution in [1.82, 2.24) is 5.32 Å². The lowest BCUT2D eigenvalue weighted by atomic mass is 10.1. The number of hydrogen-bond donors (Lipinski definition) is 3. The highest BCUT2D eigenvalue weighted by Gasteiger charge is 2.10. The predicted octanol–water partition coefficient (Wildman–Crippen LogP) is 3.85. The molecule has 0 bridgehead atoms. The summed E-state index contributed by atoms with van der Waals surface area (Å²) in [6.07, 6.45) is 2.92. The van der Waals surface area contributed by atoms with Gasteiger partial charge >= 0.3 is 0 Å². The van der Waals surface area contributed by atoms with E-state index in [0.29, 0.717) is 17.0 Å². The van der Waals surface area contributed by atoms with Gasteiger partial charge in [0.2, 0.25) is 5.91 Å². The lowest BCUT2D eigenvalue weighted by molar-refractivity contribution is -0.115. The first-order valence-electron chi connectivity index (χ1n) is 7.53. The number of primary amides is 1. The Kier molecular flexibility index (Phi) is 7.52. The van der Waals surface area contributed by atoms with E-state index in [1.165, 1.54) is 6.08 Å². The number of methoxy groups -OCH3 is 1. The van der Waals surface area contributed by atoms with Crippen LogP contribution in [-0.2, 0) is 4.79 Å². The zero-order chi connectivity index (χ0) is 20.0. The number of thiocarbonyl (C=S) groups is 1. The Hall–Kier alpha value is -2.23. The predicted molar refractivity (Wildman–Crippen MR) is 117 cm³/mol. The minimum absolute atomic E-state index is 0.0423. The average molecular weight is 513 g/mol. The first-order valence-corrected chi connectivity index (χ1v) is 9.53. The van der Waals surface area contributed by atoms with Gasteiger partial charge in [-0.15, -0.1) is 0 Å². The number of amides is 2. The molecule has 4 N–H and O–H groups in total. The highest BCUT2D eigenvalue weighted by molar-refractivity contribution is 9.11. The molecule has 2 aromatic carbocycles. The third-order valence-electron chi connectivity index (χ3n) is 3.33. The van der Waals surface area contributed by atoms with Gasteiger partial charge in [-0.3, -0.25) is 14.9 Å². The van der Waals surface area contributed by atoms with Crippen LogP contribution in [0.1, 0.15) is 15.9 Å². The molecule has 2 aromatic rings. The van der Waals surface area contributed by atoms with Crippen LogP contribution < -0.4 is 21.1 Å². The molecule has 0 spiro atoms. The van der Waals surface area contributed by atoms with Gasteiger partial charge in [-0.1, -0.05) is 28.1 Å². The zero-order valence-corrected chi connectivity index (χ0v) is 18.1. The molecule has 0 atom stereocenters. The van der Waals surface area contributed by atoms with Crippen LogP contribution in [-0.4, -0.2) is 24.0 Å². The van der Waals surface area contributed by atoms with Gasteiger partial charge in [0.25, 0.3) is 5.91 Å². The Morgan fingerprint density at radius 2 is 1.93 bits per heavy atom. The number of carbonyl (C=O) groups is 2. The molecule has 0 saturated heterocycles. The van der Waals surface area contributed by atoms with Crippen molar-refractivity contribution >= 4 is 72.8 Å². The van der Waals surface area contributed by atoms with Gasteiger partial charge in [0.15, 0.2) is 5.11 Å². The van der Waals surface area contributed by atoms with Crippen LogP contribution in [0, 0.1) is 0 Å². The van der Waals surface area contributed by atoms with Crippen LogP contribution in [0.5, 0.6) is 5.75 Å². The van der Waals surface area contributed by atoms with Gasteiger partial charge in [-0.05, 0) is 58.5 Å². The molecule has 0 unspecified atom stereocenters. The van der Waals surface area contributed by atoms with Crippen molar-refractivity contribution < 1.29 is 14.3 Å². The minimum atomic E-state index is -0.598. The molecule has 0 aliphatic carbocycles. The van der Waals surface area contributed by atoms with Crippen LogP contribution in [0.2, 0.25) is 0 Å². The fraction of sp³-hybridized carbons (Fsp3) is 0.0556. The Labute approximate surface area is 178 Å². The van der Waals surface area contributed by atoms with Crippen LogP contribution in [0.4, 0.5) is 5.69 Å². The Balaban J connectivity index is 2.07. The zero-order valence-electron chi connectivity index (χ0n) is 14.1. The molecule has 27 heavy (non-hydrogen) atoms. The second-order valence-electron chi connectivity index (χ2n) is 5.20. The van der Waals surface area contributed by atoms with Gasteiger partial charge in [0.05, 0.1) is 22.8 Å². The molecule has 9 heteroatoms. The molecular weight excluding hydrogens is 498 g/mol. The minimum Gasteiger partial charge on any atom is -0.495 e. The highest BCUT2D eigenvalue weighted by atomic mass is 79.9. The Morgan fingerprint density at radius 1 is 1.22 bits per heavy atom. The summed E-state index contributed by atoms with van der Waals surface area (Å²) in [6, 6.07) is 10.2. The maximum absolute atomic E-state index is 12.1. The largest absolute Gasteiger partial charge is 0.495 e. The summed E-state index contributed by atoms with van der Waals surface area (Å²) >= 11 is 11.9. The van der Waals surface area contributed by atoms with Crippen molar-refractivity contribution in [3.8, 4) is 5.75 Å². The number of carbonyl (C=O) groups excluding carboxylic acids is 2. The van der Waals surface area contributed by atoms with Crippen LogP contribution >= 0.6 is 44.1 Å². The smallest absolute Gasteiger partial charge is 0.250 e. The molecule has 140 valence electrons. The summed E-state index contributed by atoms with van der Waals surface area (Å²) < 4.78 is 6.91. The third kappa shape index (κ3) is 5.88. The molecule has 2 amide bonds. The molecule has 0 aromatic heterocycles. The summed E-state index contributed by atoms with van der Waals surface area (Å²) in [7, 11) is 1.54. The lowest BCUT2D eigenvalue weighted by Crippen LogP contribution is -2.33. The van der Waals surface area contributed by atoms with Crippen molar-refractivity contribution in [2.75, 3.05) is 12.4 Å². The molecule has 0 aliphatic heterocycles. The van der Waals surface area contributed by atoms with E-state index in [9.17, 15) is 9.59 Å². The van der Waals surface area contributed by atoms with Crippen molar-refractivity contribution in [2.24, 2.45) is 5.73 Å². The van der Waals surface area contributed by atoms with E-state index < -0.39 is 11.8 Å². The molecule has 0 saturated carbocycles. The molecule has 0 radical (unpaired) electrons. The second-order valence-corrected chi connectivity index (χ2v) is 7.37. The number of anilines is 1. The fourth-order valence-electron chi connectivity index (χ4n) is 2.20. The van der Waals surface area contributed by atoms with E-state index in [2.05, 4.69) is 42.5 Å². The number of ether oxygens (including phenoxy) is 1. The summed E-state index contributed by atoms with van der Waals surface area (Å²) in [6.45, 7) is 0. The monoisotopic (exact) mass is 511 g/mol. The number of nitrogens with two attached hydrogens (primary N) is 1. The van der Waals surface area contributed by atoms with E-state index in [4.69, 9.17) is 22.7 Å². The Morgan fingerprint density at radius 3 is 2.59 bits per heavy atom. The first kappa shape index (κ1) is 21.1. The molecule has 2 rings (SSSR count). The highest BCUT2D eigenvalue weighted by Crippen LogP contribution is 2.33. The standard InChI is InChI=1S/C18H15Br2N3O3S/c1-26-16-10(8-11(19)9-13(16)20)6-7-15(24)23-18(27)22-14-5-3-2-4-12(14)17(21)25/h2-9H,1H3,(H2,21,25)(H2,22,23,24,27). The molecule has 0 heterocycles. The number of rotatable bonds is 5. The summed E-state index contributed by atoms with van der Waals surface area (Å²) in [5, 5.41) is 5.34. The summed E-state index contributed by atoms with van der Waals surface area (Å²) in [5.41, 5.74) is 6.70. The number of nitrogens with one attached hydrogen (secondary N) is 2. The van der Waals surface area contributed by atoms with Gasteiger partial charge < -0.3 is 15.8 Å². The van der Waals surface area contributed by atoms with Gasteiger partial charge in [-0.2, -0.15) is 0 Å². The van der Waals surface area contributed by atoms with E-state index in [0.717, 1.165) is 8.95 Å². The van der Waals surface area contributed by atoms with Crippen molar-refractivity contribution in [1.29, 1.82) is 0 Å². The normalized spacial score (nSPS) is 10.5. The number of para-hydroxylation sites is 1. The van der Waals surface area contributed by atoms with Gasteiger partial charge in [0, 0.05) is 16.1 Å². The van der Waals surface area contributed by atoms with Gasteiger partial charge in [-0.25, -0.2) is 0 Å². The van der Waals surface area contributed by atoms with E-state index in [1.807, 2.05) is 12.1 Å². The topological polar surface area (TPSA) is 93.4 Å². The van der Waals surface area contributed by atoms with E-state index in [-0.39, 0.29) is 10.7 Å². The van der Waals surface area contributed by atoms with Crippen molar-refractivity contribution in [3.05, 3.63) is 62.5 Å². The third-order valence-corrected chi connectivity index (χ3v) is 4.58. The Bertz CT molecular complexity index is 932. The number of hydrogen-bond acceptors (Lipinski definition) is 4. The maximum atomic E-state index is 12.1. The number of halogens is 2. The lowest BCUT2D eigenvalue weighted by Gasteiger charge is -2.11. The summed E-state index contributed by atoms with van der Waals surface area (Å²) in [4.78, 5) is 23.5. The second kappa shape index (κ2) is 9.63. The van der Waals surface area contributed by atoms with Crippen LogP contribution in [0.3, 0.4) is 0 Å². The van der Waals surface area contributed by atoms with Crippen LogP contribution in [0.15, 0.2) is 51.4 Å². The SMILES string of the molecule is COc1c(Br)cc(Br)cc1C=CC(=O)NC(=S)Nc1ccccc1C(N)=O. The summed E-state index contributed by atoms with van der Waals surface area (Å²) in [5.74, 6) is -0.444. The first-order chi connectivity index (χ1) is 12.8. The van der Waals surface area contributed by atoms with Crippen molar-refractivity contribution in [3.63, 3.8) is 0 Å².